The van der Waals surface area contributed by atoms with Crippen molar-refractivity contribution in [3.63, 3.8) is 0 Å². The summed E-state index contributed by atoms with van der Waals surface area (Å²) in [5, 5.41) is 13.1. The molecule has 0 saturated carbocycles. The van der Waals surface area contributed by atoms with Gasteiger partial charge in [-0.15, -0.1) is 0 Å². The molecule has 32 heavy (non-hydrogen) atoms. The molecule has 1 heterocycles. The number of carbonyl (C=O) groups is 1. The van der Waals surface area contributed by atoms with Crippen molar-refractivity contribution >= 4 is 25.5 Å². The number of hydrogen-bond acceptors (Lipinski definition) is 4. The lowest BCUT2D eigenvalue weighted by Crippen LogP contribution is -2.57. The van der Waals surface area contributed by atoms with Crippen LogP contribution in [0.3, 0.4) is 0 Å². The van der Waals surface area contributed by atoms with Crippen molar-refractivity contribution in [3.05, 3.63) is 60.7 Å². The molecule has 1 aliphatic heterocycles. The maximum absolute atomic E-state index is 13.0. The van der Waals surface area contributed by atoms with Crippen LogP contribution in [0, 0.1) is 5.41 Å². The summed E-state index contributed by atoms with van der Waals surface area (Å²) in [5.41, 5.74) is -0.878. The molecule has 0 aliphatic carbocycles. The fraction of sp³-hybridized carbons (Fsp3) is 0.500. The summed E-state index contributed by atoms with van der Waals surface area (Å²) < 4.78 is 12.7. The van der Waals surface area contributed by atoms with Crippen molar-refractivity contribution in [2.24, 2.45) is 5.41 Å². The van der Waals surface area contributed by atoms with Gasteiger partial charge in [-0.1, -0.05) is 81.4 Å². The first kappa shape index (κ1) is 24.5. The largest absolute Gasteiger partial charge is 0.444 e. The molecule has 3 atom stereocenters. The maximum atomic E-state index is 13.0. The van der Waals surface area contributed by atoms with Crippen molar-refractivity contribution < 1.29 is 19.1 Å². The molecular weight excluding hydrogens is 418 g/mol. The normalized spacial score (nSPS) is 20.4. The lowest BCUT2D eigenvalue weighted by molar-refractivity contribution is -0.0551. The van der Waals surface area contributed by atoms with Crippen LogP contribution >= 0.6 is 0 Å². The second-order valence-electron chi connectivity index (χ2n) is 10.6. The van der Waals surface area contributed by atoms with Crippen molar-refractivity contribution in [2.75, 3.05) is 0 Å². The number of rotatable bonds is 5. The van der Waals surface area contributed by atoms with Crippen LogP contribution in [0.2, 0.25) is 0 Å². The highest BCUT2D eigenvalue weighted by atomic mass is 28.3. The first-order valence-corrected chi connectivity index (χ1v) is 13.0. The minimum Gasteiger partial charge on any atom is -0.444 e. The highest BCUT2D eigenvalue weighted by molar-refractivity contribution is 6.80. The average Bonchev–Trinajstić information content (AvgIpc) is 3.09. The summed E-state index contributed by atoms with van der Waals surface area (Å²) in [5.74, 6) is 0. The van der Waals surface area contributed by atoms with E-state index in [1.54, 1.807) is 0 Å². The summed E-state index contributed by atoms with van der Waals surface area (Å²) in [6, 6.07) is 20.4. The van der Waals surface area contributed by atoms with Crippen LogP contribution in [-0.2, 0) is 9.16 Å². The minimum absolute atomic E-state index is 0.246. The Kier molecular flexibility index (Phi) is 7.48. The third kappa shape index (κ3) is 6.00. The lowest BCUT2D eigenvalue weighted by atomic mass is 9.84. The highest BCUT2D eigenvalue weighted by Gasteiger charge is 2.47. The summed E-state index contributed by atoms with van der Waals surface area (Å²) in [7, 11) is -2.05. The van der Waals surface area contributed by atoms with E-state index in [-0.39, 0.29) is 17.6 Å². The number of aliphatic hydroxyl groups excluding tert-OH is 1. The second kappa shape index (κ2) is 9.77. The van der Waals surface area contributed by atoms with Crippen LogP contribution in [0.1, 0.15) is 54.4 Å². The van der Waals surface area contributed by atoms with Gasteiger partial charge in [0.25, 0.3) is 0 Å². The third-order valence-corrected chi connectivity index (χ3v) is 8.24. The van der Waals surface area contributed by atoms with Gasteiger partial charge in [0.2, 0.25) is 9.04 Å². The number of aliphatic hydroxyl groups is 1. The molecule has 1 saturated heterocycles. The number of carbonyl (C=O) groups excluding carboxylic acids is 1. The van der Waals surface area contributed by atoms with Gasteiger partial charge in [0.05, 0.1) is 12.1 Å². The van der Waals surface area contributed by atoms with E-state index in [1.165, 1.54) is 15.3 Å². The van der Waals surface area contributed by atoms with Gasteiger partial charge < -0.3 is 14.3 Å². The molecule has 3 rings (SSSR count). The summed E-state index contributed by atoms with van der Waals surface area (Å²) in [6.45, 7) is 11.9. The van der Waals surface area contributed by atoms with Gasteiger partial charge in [-0.3, -0.25) is 4.90 Å². The molecule has 174 valence electrons. The van der Waals surface area contributed by atoms with Crippen molar-refractivity contribution in [1.29, 1.82) is 0 Å². The quantitative estimate of drug-likeness (QED) is 0.699. The van der Waals surface area contributed by atoms with Gasteiger partial charge >= 0.3 is 6.09 Å². The lowest BCUT2D eigenvalue weighted by Gasteiger charge is -2.42. The summed E-state index contributed by atoms with van der Waals surface area (Å²) >= 11 is 0. The fourth-order valence-corrected chi connectivity index (χ4v) is 7.04. The van der Waals surface area contributed by atoms with Crippen molar-refractivity contribution in [3.8, 4) is 0 Å². The van der Waals surface area contributed by atoms with Crippen LogP contribution in [0.15, 0.2) is 60.7 Å². The molecule has 2 aromatic rings. The molecule has 5 nitrogen and oxygen atoms in total. The Hall–Kier alpha value is -2.15. The van der Waals surface area contributed by atoms with Gasteiger partial charge in [-0.05, 0) is 49.4 Å². The van der Waals surface area contributed by atoms with E-state index in [0.717, 1.165) is 0 Å². The average molecular weight is 456 g/mol. The molecule has 0 bridgehead atoms. The van der Waals surface area contributed by atoms with Gasteiger partial charge in [0.1, 0.15) is 11.8 Å². The molecule has 1 aliphatic rings. The van der Waals surface area contributed by atoms with Crippen LogP contribution in [0.4, 0.5) is 4.79 Å². The van der Waals surface area contributed by atoms with Crippen molar-refractivity contribution in [1.82, 2.24) is 4.90 Å². The topological polar surface area (TPSA) is 59.0 Å². The van der Waals surface area contributed by atoms with E-state index in [9.17, 15) is 9.90 Å². The molecule has 0 spiro atoms. The molecule has 1 N–H and O–H groups in total. The Balaban J connectivity index is 1.97. The zero-order valence-electron chi connectivity index (χ0n) is 20.1. The molecule has 0 radical (unpaired) electrons. The van der Waals surface area contributed by atoms with E-state index in [4.69, 9.17) is 9.16 Å². The van der Waals surface area contributed by atoms with Crippen molar-refractivity contribution in [2.45, 2.75) is 78.4 Å². The number of benzene rings is 2. The van der Waals surface area contributed by atoms with Gasteiger partial charge in [-0.2, -0.15) is 0 Å². The van der Waals surface area contributed by atoms with Crippen LogP contribution < -0.4 is 10.4 Å². The molecule has 1 fully saturated rings. The van der Waals surface area contributed by atoms with Gasteiger partial charge in [-0.25, -0.2) is 4.79 Å². The molecule has 6 heteroatoms. The molecule has 0 aromatic heterocycles. The third-order valence-electron chi connectivity index (χ3n) is 5.69. The Labute approximate surface area is 194 Å². The molecule has 3 unspecified atom stereocenters. The van der Waals surface area contributed by atoms with E-state index >= 15 is 0 Å². The van der Waals surface area contributed by atoms with E-state index < -0.39 is 27.0 Å². The fourth-order valence-electron chi connectivity index (χ4n) is 4.31. The number of likely N-dealkylation sites (tertiary alicyclic amines) is 1. The van der Waals surface area contributed by atoms with Crippen LogP contribution in [0.5, 0.6) is 0 Å². The predicted molar refractivity (Wildman–Crippen MR) is 131 cm³/mol. The molecule has 2 aromatic carbocycles. The molecular formula is C26H37NO4Si. The number of ether oxygens (including phenoxy) is 1. The SMILES string of the molecule is CC(C)(C)OC(=O)N1C(O)CCC1C(O[SiH](c1ccccc1)c1ccccc1)C(C)(C)C. The van der Waals surface area contributed by atoms with Gasteiger partial charge in [0, 0.05) is 0 Å². The summed E-state index contributed by atoms with van der Waals surface area (Å²) in [6.07, 6.45) is -0.417. The van der Waals surface area contributed by atoms with Gasteiger partial charge in [0.15, 0.2) is 0 Å². The highest BCUT2D eigenvalue weighted by Crippen LogP contribution is 2.36. The van der Waals surface area contributed by atoms with E-state index in [2.05, 4.69) is 45.0 Å². The standard InChI is InChI=1S/C26H37NO4Si/c1-25(2,3)23(21-17-18-22(28)27(21)24(29)30-26(4,5)6)31-32(19-13-9-7-10-14-19)20-15-11-8-12-16-20/h7-16,21-23,28,32H,17-18H2,1-6H3. The maximum Gasteiger partial charge on any atom is 0.412 e. The zero-order chi connectivity index (χ0) is 23.5. The Bertz CT molecular complexity index is 837. The van der Waals surface area contributed by atoms with E-state index in [0.29, 0.717) is 12.8 Å². The Morgan fingerprint density at radius 2 is 1.44 bits per heavy atom. The number of amides is 1. The number of nitrogens with zero attached hydrogens (tertiary/aromatic N) is 1. The van der Waals surface area contributed by atoms with E-state index in [1.807, 2.05) is 57.2 Å². The predicted octanol–water partition coefficient (Wildman–Crippen LogP) is 3.67. The first-order chi connectivity index (χ1) is 15.0. The van der Waals surface area contributed by atoms with Crippen LogP contribution in [-0.4, -0.2) is 49.1 Å². The number of hydrogen-bond donors (Lipinski definition) is 1. The Morgan fingerprint density at radius 1 is 0.938 bits per heavy atom. The minimum atomic E-state index is -2.05. The Morgan fingerprint density at radius 3 is 1.88 bits per heavy atom. The first-order valence-electron chi connectivity index (χ1n) is 11.4. The summed E-state index contributed by atoms with van der Waals surface area (Å²) in [4.78, 5) is 14.5. The smallest absolute Gasteiger partial charge is 0.412 e. The molecule has 1 amide bonds. The monoisotopic (exact) mass is 455 g/mol. The van der Waals surface area contributed by atoms with Crippen LogP contribution in [0.25, 0.3) is 0 Å². The second-order valence-corrected chi connectivity index (χ2v) is 13.0. The zero-order valence-corrected chi connectivity index (χ0v) is 21.3.